The van der Waals surface area contributed by atoms with E-state index in [1.54, 1.807) is 20.8 Å². The third kappa shape index (κ3) is 4.50. The molecule has 0 bridgehead atoms. The third-order valence-electron chi connectivity index (χ3n) is 3.36. The lowest BCUT2D eigenvalue weighted by atomic mass is 10.2. The van der Waals surface area contributed by atoms with Crippen molar-refractivity contribution in [2.75, 3.05) is 6.54 Å². The average molecular weight is 360 g/mol. The number of carboxylic acids is 1. The van der Waals surface area contributed by atoms with E-state index in [9.17, 15) is 19.1 Å². The van der Waals surface area contributed by atoms with Crippen molar-refractivity contribution in [2.45, 2.75) is 44.9 Å². The summed E-state index contributed by atoms with van der Waals surface area (Å²) in [6.45, 7) is 5.09. The second-order valence-corrected chi connectivity index (χ2v) is 6.94. The number of likely N-dealkylation sites (tertiary alicyclic amines) is 1. The molecule has 8 heteroatoms. The predicted molar refractivity (Wildman–Crippen MR) is 84.8 cm³/mol. The van der Waals surface area contributed by atoms with Crippen LogP contribution in [0, 0.1) is 5.82 Å². The summed E-state index contributed by atoms with van der Waals surface area (Å²) in [5, 5.41) is 9.53. The fraction of sp³-hybridized carbons (Fsp3) is 0.500. The number of carbonyl (C=O) groups is 2. The Morgan fingerprint density at radius 2 is 2.04 bits per heavy atom. The third-order valence-corrected chi connectivity index (χ3v) is 3.67. The zero-order valence-corrected chi connectivity index (χ0v) is 14.3. The molecule has 0 spiro atoms. The summed E-state index contributed by atoms with van der Waals surface area (Å²) in [5.74, 6) is -1.57. The van der Waals surface area contributed by atoms with Crippen molar-refractivity contribution in [2.24, 2.45) is 0 Å². The van der Waals surface area contributed by atoms with Gasteiger partial charge in [-0.2, -0.15) is 0 Å². The van der Waals surface area contributed by atoms with Crippen LogP contribution in [0.4, 0.5) is 9.18 Å². The SMILES string of the molecule is CC(C)(C)OC(=O)N1C[C@@H](Oc2cc(F)ccc2Cl)C[C@H]1C(=O)O. The lowest BCUT2D eigenvalue weighted by Crippen LogP contribution is -2.43. The first kappa shape index (κ1) is 18.3. The fourth-order valence-electron chi connectivity index (χ4n) is 2.39. The van der Waals surface area contributed by atoms with Crippen molar-refractivity contribution in [1.82, 2.24) is 4.90 Å². The van der Waals surface area contributed by atoms with Crippen molar-refractivity contribution in [3.63, 3.8) is 0 Å². The van der Waals surface area contributed by atoms with Crippen molar-refractivity contribution >= 4 is 23.7 Å². The molecule has 1 N–H and O–H groups in total. The molecule has 0 saturated carbocycles. The van der Waals surface area contributed by atoms with Crippen LogP contribution in [0.1, 0.15) is 27.2 Å². The van der Waals surface area contributed by atoms with Crippen LogP contribution in [0.5, 0.6) is 5.75 Å². The summed E-state index contributed by atoms with van der Waals surface area (Å²) in [6, 6.07) is 2.59. The van der Waals surface area contributed by atoms with Gasteiger partial charge in [0.15, 0.2) is 0 Å². The fourth-order valence-corrected chi connectivity index (χ4v) is 2.55. The molecule has 0 radical (unpaired) electrons. The van der Waals surface area contributed by atoms with Gasteiger partial charge in [0.25, 0.3) is 0 Å². The normalized spacial score (nSPS) is 20.8. The number of hydrogen-bond donors (Lipinski definition) is 1. The van der Waals surface area contributed by atoms with Gasteiger partial charge in [0.1, 0.15) is 29.3 Å². The van der Waals surface area contributed by atoms with Gasteiger partial charge < -0.3 is 14.6 Å². The smallest absolute Gasteiger partial charge is 0.411 e. The molecule has 1 heterocycles. The van der Waals surface area contributed by atoms with E-state index in [0.717, 1.165) is 11.0 Å². The van der Waals surface area contributed by atoms with Crippen LogP contribution in [0.25, 0.3) is 0 Å². The van der Waals surface area contributed by atoms with Gasteiger partial charge in [0.05, 0.1) is 11.6 Å². The Bertz CT molecular complexity index is 646. The maximum absolute atomic E-state index is 13.3. The molecule has 24 heavy (non-hydrogen) atoms. The van der Waals surface area contributed by atoms with Gasteiger partial charge >= 0.3 is 12.1 Å². The van der Waals surface area contributed by atoms with E-state index >= 15 is 0 Å². The maximum Gasteiger partial charge on any atom is 0.411 e. The number of carbonyl (C=O) groups excluding carboxylic acids is 1. The van der Waals surface area contributed by atoms with Gasteiger partial charge in [0.2, 0.25) is 0 Å². The number of ether oxygens (including phenoxy) is 2. The second kappa shape index (κ2) is 6.84. The highest BCUT2D eigenvalue weighted by atomic mass is 35.5. The lowest BCUT2D eigenvalue weighted by molar-refractivity contribution is -0.142. The molecule has 6 nitrogen and oxygen atoms in total. The van der Waals surface area contributed by atoms with Gasteiger partial charge in [0, 0.05) is 12.5 Å². The Balaban J connectivity index is 2.13. The summed E-state index contributed by atoms with van der Waals surface area (Å²) < 4.78 is 24.1. The van der Waals surface area contributed by atoms with E-state index in [-0.39, 0.29) is 23.7 Å². The number of nitrogens with zero attached hydrogens (tertiary/aromatic N) is 1. The minimum Gasteiger partial charge on any atom is -0.487 e. The Labute approximate surface area is 144 Å². The summed E-state index contributed by atoms with van der Waals surface area (Å²) in [4.78, 5) is 24.7. The number of hydrogen-bond acceptors (Lipinski definition) is 4. The molecule has 1 amide bonds. The molecule has 2 rings (SSSR count). The van der Waals surface area contributed by atoms with Crippen molar-refractivity contribution in [1.29, 1.82) is 0 Å². The van der Waals surface area contributed by atoms with E-state index in [2.05, 4.69) is 0 Å². The largest absolute Gasteiger partial charge is 0.487 e. The van der Waals surface area contributed by atoms with Crippen LogP contribution in [-0.4, -0.2) is 46.4 Å². The zero-order valence-electron chi connectivity index (χ0n) is 13.6. The molecular weight excluding hydrogens is 341 g/mol. The summed E-state index contributed by atoms with van der Waals surface area (Å²) in [5.41, 5.74) is -0.745. The summed E-state index contributed by atoms with van der Waals surface area (Å²) in [6.07, 6.45) is -1.30. The number of amides is 1. The first-order valence-electron chi connectivity index (χ1n) is 7.41. The second-order valence-electron chi connectivity index (χ2n) is 6.54. The van der Waals surface area contributed by atoms with Gasteiger partial charge in [-0.1, -0.05) is 11.6 Å². The van der Waals surface area contributed by atoms with Crippen LogP contribution in [-0.2, 0) is 9.53 Å². The molecule has 132 valence electrons. The van der Waals surface area contributed by atoms with E-state index in [0.29, 0.717) is 0 Å². The van der Waals surface area contributed by atoms with E-state index in [4.69, 9.17) is 21.1 Å². The minimum atomic E-state index is -1.16. The number of rotatable bonds is 3. The first-order chi connectivity index (χ1) is 11.1. The molecule has 0 aliphatic carbocycles. The Morgan fingerprint density at radius 1 is 1.38 bits per heavy atom. The van der Waals surface area contributed by atoms with Crippen molar-refractivity contribution < 1.29 is 28.6 Å². The van der Waals surface area contributed by atoms with E-state index < -0.39 is 35.6 Å². The van der Waals surface area contributed by atoms with Gasteiger partial charge in [-0.25, -0.2) is 14.0 Å². The summed E-state index contributed by atoms with van der Waals surface area (Å²) >= 11 is 5.95. The average Bonchev–Trinajstić information content (AvgIpc) is 2.85. The number of benzene rings is 1. The molecule has 0 aromatic heterocycles. The Morgan fingerprint density at radius 3 is 2.62 bits per heavy atom. The molecule has 2 atom stereocenters. The molecule has 1 fully saturated rings. The molecule has 1 aliphatic heterocycles. The standard InChI is InChI=1S/C16H19ClFNO5/c1-16(2,3)24-15(22)19-8-10(7-12(19)14(20)21)23-13-6-9(18)4-5-11(13)17/h4-6,10,12H,7-8H2,1-3H3,(H,20,21)/t10-,12-/m0/s1. The van der Waals surface area contributed by atoms with E-state index in [1.807, 2.05) is 0 Å². The quantitative estimate of drug-likeness (QED) is 0.895. The highest BCUT2D eigenvalue weighted by Crippen LogP contribution is 2.30. The molecule has 1 aliphatic rings. The van der Waals surface area contributed by atoms with Gasteiger partial charge in [-0.15, -0.1) is 0 Å². The Hall–Kier alpha value is -2.02. The molecule has 1 aromatic carbocycles. The topological polar surface area (TPSA) is 76.1 Å². The van der Waals surface area contributed by atoms with Crippen LogP contribution in [0.2, 0.25) is 5.02 Å². The monoisotopic (exact) mass is 359 g/mol. The number of halogens is 2. The molecular formula is C16H19ClFNO5. The Kier molecular flexibility index (Phi) is 5.22. The molecule has 1 aromatic rings. The van der Waals surface area contributed by atoms with Crippen LogP contribution < -0.4 is 4.74 Å². The minimum absolute atomic E-state index is 0.0126. The number of carboxylic acid groups (broad SMARTS) is 1. The van der Waals surface area contributed by atoms with Crippen molar-refractivity contribution in [3.05, 3.63) is 29.0 Å². The zero-order chi connectivity index (χ0) is 18.1. The first-order valence-corrected chi connectivity index (χ1v) is 7.79. The van der Waals surface area contributed by atoms with Gasteiger partial charge in [-0.05, 0) is 32.9 Å². The highest BCUT2D eigenvalue weighted by Gasteiger charge is 2.42. The molecule has 1 saturated heterocycles. The van der Waals surface area contributed by atoms with Crippen LogP contribution >= 0.6 is 11.6 Å². The predicted octanol–water partition coefficient (Wildman–Crippen LogP) is 3.32. The van der Waals surface area contributed by atoms with Crippen molar-refractivity contribution in [3.8, 4) is 5.75 Å². The van der Waals surface area contributed by atoms with Crippen LogP contribution in [0.3, 0.4) is 0 Å². The van der Waals surface area contributed by atoms with Gasteiger partial charge in [-0.3, -0.25) is 4.90 Å². The maximum atomic E-state index is 13.3. The summed E-state index contributed by atoms with van der Waals surface area (Å²) in [7, 11) is 0. The van der Waals surface area contributed by atoms with Crippen LogP contribution in [0.15, 0.2) is 18.2 Å². The van der Waals surface area contributed by atoms with E-state index in [1.165, 1.54) is 12.1 Å². The lowest BCUT2D eigenvalue weighted by Gasteiger charge is -2.26. The highest BCUT2D eigenvalue weighted by molar-refractivity contribution is 6.32. The number of aliphatic carboxylic acids is 1. The molecule has 0 unspecified atom stereocenters.